The minimum atomic E-state index is -0.879. The first kappa shape index (κ1) is 30.0. The SMILES string of the molecule is CCOc1cc(=O)n(C)cc1-c1cc(NC(=O)Cc2ccc(OCc3ccccc3)cc2)ccc1Oc1ccc(F)cc1F. The van der Waals surface area contributed by atoms with Gasteiger partial charge in [-0.3, -0.25) is 9.59 Å². The van der Waals surface area contributed by atoms with Gasteiger partial charge in [0.25, 0.3) is 5.56 Å². The third kappa shape index (κ3) is 7.49. The smallest absolute Gasteiger partial charge is 0.254 e. The van der Waals surface area contributed by atoms with Gasteiger partial charge in [0.15, 0.2) is 11.6 Å². The standard InChI is InChI=1S/C35H30F2N2O5/c1-3-42-33-20-35(41)39(2)21-29(33)28-19-26(12-16-31(28)44-32-15-11-25(36)18-30(32)37)38-34(40)17-23-9-13-27(14-10-23)43-22-24-7-5-4-6-8-24/h4-16,18-21H,3,17,22H2,1-2H3,(H,38,40). The highest BCUT2D eigenvalue weighted by atomic mass is 19.1. The molecule has 4 aromatic carbocycles. The zero-order chi connectivity index (χ0) is 31.1. The zero-order valence-corrected chi connectivity index (χ0v) is 24.2. The molecule has 0 radical (unpaired) electrons. The second kappa shape index (κ2) is 13.7. The summed E-state index contributed by atoms with van der Waals surface area (Å²) in [6, 6.07) is 26.3. The molecule has 0 aliphatic heterocycles. The Balaban J connectivity index is 1.37. The highest BCUT2D eigenvalue weighted by Crippen LogP contribution is 2.40. The molecular formula is C35H30F2N2O5. The second-order valence-electron chi connectivity index (χ2n) is 9.96. The molecule has 0 fully saturated rings. The van der Waals surface area contributed by atoms with Crippen molar-refractivity contribution in [3.8, 4) is 34.1 Å². The molecule has 1 aromatic heterocycles. The lowest BCUT2D eigenvalue weighted by Gasteiger charge is -2.17. The maximum Gasteiger partial charge on any atom is 0.254 e. The number of halogens is 2. The highest BCUT2D eigenvalue weighted by Gasteiger charge is 2.18. The van der Waals surface area contributed by atoms with Gasteiger partial charge in [-0.05, 0) is 60.5 Å². The van der Waals surface area contributed by atoms with Crippen molar-refractivity contribution in [2.75, 3.05) is 11.9 Å². The number of aromatic nitrogens is 1. The monoisotopic (exact) mass is 596 g/mol. The molecule has 0 saturated carbocycles. The zero-order valence-electron chi connectivity index (χ0n) is 24.2. The van der Waals surface area contributed by atoms with Gasteiger partial charge in [0.2, 0.25) is 5.91 Å². The number of hydrogen-bond acceptors (Lipinski definition) is 5. The molecule has 0 bridgehead atoms. The van der Waals surface area contributed by atoms with Crippen LogP contribution in [0.4, 0.5) is 14.5 Å². The Kier molecular flexibility index (Phi) is 9.34. The van der Waals surface area contributed by atoms with Crippen LogP contribution in [0.25, 0.3) is 11.1 Å². The summed E-state index contributed by atoms with van der Waals surface area (Å²) in [7, 11) is 1.59. The van der Waals surface area contributed by atoms with Crippen LogP contribution < -0.4 is 25.1 Å². The Morgan fingerprint density at radius 1 is 0.795 bits per heavy atom. The van der Waals surface area contributed by atoms with E-state index >= 15 is 0 Å². The first-order chi connectivity index (χ1) is 21.3. The minimum absolute atomic E-state index is 0.109. The van der Waals surface area contributed by atoms with Gasteiger partial charge in [0.1, 0.15) is 29.7 Å². The maximum atomic E-state index is 14.5. The summed E-state index contributed by atoms with van der Waals surface area (Å²) in [4.78, 5) is 25.4. The van der Waals surface area contributed by atoms with Gasteiger partial charge >= 0.3 is 0 Å². The van der Waals surface area contributed by atoms with Gasteiger partial charge in [-0.2, -0.15) is 0 Å². The van der Waals surface area contributed by atoms with Gasteiger partial charge in [0, 0.05) is 42.2 Å². The molecule has 9 heteroatoms. The average Bonchev–Trinajstić information content (AvgIpc) is 3.01. The molecule has 0 atom stereocenters. The molecule has 5 rings (SSSR count). The fraction of sp³-hybridized carbons (Fsp3) is 0.143. The van der Waals surface area contributed by atoms with E-state index in [1.54, 1.807) is 38.4 Å². The van der Waals surface area contributed by atoms with E-state index in [0.717, 1.165) is 23.3 Å². The number of ether oxygens (including phenoxy) is 3. The van der Waals surface area contributed by atoms with Crippen LogP contribution in [0.3, 0.4) is 0 Å². The number of anilines is 1. The van der Waals surface area contributed by atoms with Crippen LogP contribution in [0, 0.1) is 11.6 Å². The Labute approximate surface area is 253 Å². The van der Waals surface area contributed by atoms with E-state index in [1.807, 2.05) is 54.6 Å². The summed E-state index contributed by atoms with van der Waals surface area (Å²) in [5, 5.41) is 2.89. The van der Waals surface area contributed by atoms with E-state index < -0.39 is 11.6 Å². The van der Waals surface area contributed by atoms with Crippen LogP contribution in [0.5, 0.6) is 23.0 Å². The Hall–Kier alpha value is -5.44. The number of rotatable bonds is 11. The van der Waals surface area contributed by atoms with Crippen molar-refractivity contribution in [2.45, 2.75) is 20.0 Å². The van der Waals surface area contributed by atoms with Gasteiger partial charge < -0.3 is 24.1 Å². The van der Waals surface area contributed by atoms with Crippen LogP contribution in [0.2, 0.25) is 0 Å². The minimum Gasteiger partial charge on any atom is -0.493 e. The molecule has 7 nitrogen and oxygen atoms in total. The largest absolute Gasteiger partial charge is 0.493 e. The lowest BCUT2D eigenvalue weighted by Crippen LogP contribution is -2.16. The van der Waals surface area contributed by atoms with Crippen molar-refractivity contribution < 1.29 is 27.8 Å². The fourth-order valence-corrected chi connectivity index (χ4v) is 4.51. The molecule has 44 heavy (non-hydrogen) atoms. The summed E-state index contributed by atoms with van der Waals surface area (Å²) in [6.07, 6.45) is 1.68. The summed E-state index contributed by atoms with van der Waals surface area (Å²) >= 11 is 0. The number of pyridine rings is 1. The van der Waals surface area contributed by atoms with Crippen molar-refractivity contribution in [1.29, 1.82) is 0 Å². The normalized spacial score (nSPS) is 10.7. The molecule has 1 amide bonds. The molecule has 0 spiro atoms. The van der Waals surface area contributed by atoms with Gasteiger partial charge in [-0.25, -0.2) is 8.78 Å². The number of amides is 1. The summed E-state index contributed by atoms with van der Waals surface area (Å²) in [5.41, 5.74) is 2.90. The predicted octanol–water partition coefficient (Wildman–Crippen LogP) is 7.28. The van der Waals surface area contributed by atoms with Crippen molar-refractivity contribution in [3.63, 3.8) is 0 Å². The second-order valence-corrected chi connectivity index (χ2v) is 9.96. The molecular weight excluding hydrogens is 566 g/mol. The Morgan fingerprint density at radius 2 is 1.55 bits per heavy atom. The van der Waals surface area contributed by atoms with E-state index in [9.17, 15) is 18.4 Å². The van der Waals surface area contributed by atoms with E-state index in [2.05, 4.69) is 5.32 Å². The molecule has 0 unspecified atom stereocenters. The van der Waals surface area contributed by atoms with Gasteiger partial charge in [-0.1, -0.05) is 42.5 Å². The third-order valence-electron chi connectivity index (χ3n) is 6.69. The number of benzene rings is 4. The molecule has 224 valence electrons. The maximum absolute atomic E-state index is 14.5. The van der Waals surface area contributed by atoms with Crippen LogP contribution in [-0.2, 0) is 24.9 Å². The lowest BCUT2D eigenvalue weighted by atomic mass is 10.0. The Morgan fingerprint density at radius 3 is 2.27 bits per heavy atom. The fourth-order valence-electron chi connectivity index (χ4n) is 4.51. The molecule has 0 aliphatic carbocycles. The van der Waals surface area contributed by atoms with Crippen molar-refractivity contribution in [3.05, 3.63) is 136 Å². The first-order valence-electron chi connectivity index (χ1n) is 14.0. The molecule has 1 N–H and O–H groups in total. The van der Waals surface area contributed by atoms with E-state index in [1.165, 1.54) is 16.7 Å². The molecule has 1 heterocycles. The van der Waals surface area contributed by atoms with Crippen LogP contribution >= 0.6 is 0 Å². The first-order valence-corrected chi connectivity index (χ1v) is 14.0. The van der Waals surface area contributed by atoms with Gasteiger partial charge in [-0.15, -0.1) is 0 Å². The van der Waals surface area contributed by atoms with Crippen molar-refractivity contribution in [2.24, 2.45) is 7.05 Å². The summed E-state index contributed by atoms with van der Waals surface area (Å²) < 4.78 is 46.8. The average molecular weight is 597 g/mol. The number of carbonyl (C=O) groups is 1. The quantitative estimate of drug-likeness (QED) is 0.173. The summed E-state index contributed by atoms with van der Waals surface area (Å²) in [6.45, 7) is 2.51. The van der Waals surface area contributed by atoms with Crippen molar-refractivity contribution >= 4 is 11.6 Å². The lowest BCUT2D eigenvalue weighted by molar-refractivity contribution is -0.115. The summed E-state index contributed by atoms with van der Waals surface area (Å²) in [5.74, 6) is -0.883. The number of hydrogen-bond donors (Lipinski definition) is 1. The van der Waals surface area contributed by atoms with E-state index in [4.69, 9.17) is 14.2 Å². The van der Waals surface area contributed by atoms with E-state index in [-0.39, 0.29) is 41.7 Å². The van der Waals surface area contributed by atoms with Crippen molar-refractivity contribution in [1.82, 2.24) is 4.57 Å². The highest BCUT2D eigenvalue weighted by molar-refractivity contribution is 5.93. The molecule has 0 aliphatic rings. The van der Waals surface area contributed by atoms with Crippen LogP contribution in [0.1, 0.15) is 18.1 Å². The predicted molar refractivity (Wildman–Crippen MR) is 164 cm³/mol. The molecule has 0 saturated heterocycles. The van der Waals surface area contributed by atoms with E-state index in [0.29, 0.717) is 29.2 Å². The van der Waals surface area contributed by atoms with Crippen LogP contribution in [0.15, 0.2) is 108 Å². The number of carbonyl (C=O) groups excluding carboxylic acids is 1. The third-order valence-corrected chi connectivity index (χ3v) is 6.69. The van der Waals surface area contributed by atoms with Gasteiger partial charge in [0.05, 0.1) is 13.0 Å². The number of nitrogens with one attached hydrogen (secondary N) is 1. The molecule has 5 aromatic rings. The van der Waals surface area contributed by atoms with Crippen LogP contribution in [-0.4, -0.2) is 17.1 Å². The Bertz CT molecular complexity index is 1820. The number of aryl methyl sites for hydroxylation is 1. The number of nitrogens with zero attached hydrogens (tertiary/aromatic N) is 1. The topological polar surface area (TPSA) is 78.8 Å².